The van der Waals surface area contributed by atoms with Crippen LogP contribution in [0.15, 0.2) is 41.7 Å². The van der Waals surface area contributed by atoms with Crippen LogP contribution in [0.3, 0.4) is 0 Å². The molecule has 2 nitrogen and oxygen atoms in total. The van der Waals surface area contributed by atoms with Crippen molar-refractivity contribution < 1.29 is 13.5 Å². The Morgan fingerprint density at radius 3 is 1.50 bits per heavy atom. The molecule has 7 rings (SSSR count). The standard InChI is InChI=1S/C33H57N2P.C7H6.2ClH.Ru/c1-5-15-27(16-6-1)34-25-26-35(28-17-7-2-8-18-28)33(34)31-23-13-14-24-32(31)36(29-19-9-3-10-20-29)30-21-11-4-12-22-30;1-7-5-3-2-4-6-7;;;/h27-30,32H,1-26H2;1-6H;2*1H;/q;;;;+2/p-2. The molecule has 0 radical (unpaired) electrons. The van der Waals surface area contributed by atoms with E-state index in [1.54, 1.807) is 32.1 Å². The molecule has 1 atom stereocenters. The Labute approximate surface area is 297 Å². The van der Waals surface area contributed by atoms with Crippen LogP contribution >= 0.6 is 27.3 Å². The van der Waals surface area contributed by atoms with Crippen molar-refractivity contribution in [2.24, 2.45) is 0 Å². The average molecular weight is 775 g/mol. The van der Waals surface area contributed by atoms with Gasteiger partial charge in [-0.05, 0) is 87.5 Å². The fourth-order valence-corrected chi connectivity index (χ4v) is 16.7. The molecule has 0 spiro atoms. The van der Waals surface area contributed by atoms with Gasteiger partial charge in [-0.25, -0.2) is 0 Å². The summed E-state index contributed by atoms with van der Waals surface area (Å²) in [6, 6.07) is 11.6. The second kappa shape index (κ2) is 18.9. The van der Waals surface area contributed by atoms with Crippen LogP contribution in [-0.4, -0.2) is 56.6 Å². The number of benzene rings is 1. The Balaban J connectivity index is 0.000000319. The molecular formula is C40H63Cl2N2PRu. The van der Waals surface area contributed by atoms with Crippen molar-refractivity contribution in [1.82, 2.24) is 9.80 Å². The Kier molecular flexibility index (Phi) is 14.7. The maximum absolute atomic E-state index is 5.67. The van der Waals surface area contributed by atoms with Crippen molar-refractivity contribution in [3.05, 3.63) is 47.3 Å². The molecule has 1 aromatic rings. The van der Waals surface area contributed by atoms with Crippen LogP contribution in [0.1, 0.15) is 160 Å². The Morgan fingerprint density at radius 1 is 0.565 bits per heavy atom. The van der Waals surface area contributed by atoms with Crippen molar-refractivity contribution >= 4 is 31.9 Å². The predicted molar refractivity (Wildman–Crippen MR) is 200 cm³/mol. The normalized spacial score (nSPS) is 26.7. The van der Waals surface area contributed by atoms with Gasteiger partial charge in [0.25, 0.3) is 0 Å². The van der Waals surface area contributed by atoms with E-state index in [4.69, 9.17) is 19.4 Å². The van der Waals surface area contributed by atoms with Gasteiger partial charge in [0.15, 0.2) is 0 Å². The van der Waals surface area contributed by atoms with Gasteiger partial charge in [-0.2, -0.15) is 0 Å². The summed E-state index contributed by atoms with van der Waals surface area (Å²) in [5.41, 5.74) is 6.33. The monoisotopic (exact) mass is 774 g/mol. The zero-order chi connectivity index (χ0) is 31.6. The first-order valence-electron chi connectivity index (χ1n) is 19.6. The molecule has 46 heavy (non-hydrogen) atoms. The van der Waals surface area contributed by atoms with Crippen molar-refractivity contribution in [2.45, 2.75) is 183 Å². The fraction of sp³-hybridized carbons (Fsp3) is 0.775. The zero-order valence-corrected chi connectivity index (χ0v) is 32.8. The number of halogens is 2. The van der Waals surface area contributed by atoms with Crippen molar-refractivity contribution in [1.29, 1.82) is 0 Å². The Morgan fingerprint density at radius 2 is 1.02 bits per heavy atom. The molecule has 1 saturated heterocycles. The summed E-state index contributed by atoms with van der Waals surface area (Å²) in [6.45, 7) is 2.69. The van der Waals surface area contributed by atoms with E-state index in [1.165, 1.54) is 135 Å². The summed E-state index contributed by atoms with van der Waals surface area (Å²) < 4.78 is 1.92. The van der Waals surface area contributed by atoms with Crippen LogP contribution in [0.5, 0.6) is 0 Å². The maximum atomic E-state index is 5.67. The first-order chi connectivity index (χ1) is 22.7. The van der Waals surface area contributed by atoms with E-state index in [-0.39, 0.29) is 7.92 Å². The molecule has 1 heterocycles. The molecule has 1 unspecified atom stereocenters. The van der Waals surface area contributed by atoms with Crippen molar-refractivity contribution in [2.75, 3.05) is 13.1 Å². The molecule has 1 aromatic carbocycles. The molecule has 0 amide bonds. The van der Waals surface area contributed by atoms with Crippen LogP contribution in [0.25, 0.3) is 0 Å². The minimum atomic E-state index is -1.61. The van der Waals surface area contributed by atoms with E-state index >= 15 is 0 Å². The summed E-state index contributed by atoms with van der Waals surface area (Å²) in [5.74, 6) is 1.87. The zero-order valence-electron chi connectivity index (χ0n) is 28.7. The molecule has 6 fully saturated rings. The van der Waals surface area contributed by atoms with Gasteiger partial charge in [0.2, 0.25) is 0 Å². The van der Waals surface area contributed by atoms with Crippen molar-refractivity contribution in [3.63, 3.8) is 0 Å². The van der Waals surface area contributed by atoms with Crippen LogP contribution < -0.4 is 0 Å². The summed E-state index contributed by atoms with van der Waals surface area (Å²) in [6.07, 6.45) is 36.3. The van der Waals surface area contributed by atoms with E-state index in [0.717, 1.165) is 34.6 Å². The number of hydrogen-bond acceptors (Lipinski definition) is 2. The fourth-order valence-electron chi connectivity index (χ4n) is 10.2. The van der Waals surface area contributed by atoms with Gasteiger partial charge in [-0.3, -0.25) is 0 Å². The van der Waals surface area contributed by atoms with E-state index in [9.17, 15) is 0 Å². The third kappa shape index (κ3) is 9.64. The van der Waals surface area contributed by atoms with Crippen LogP contribution in [-0.2, 0) is 13.5 Å². The first-order valence-corrected chi connectivity index (χ1v) is 26.6. The van der Waals surface area contributed by atoms with Gasteiger partial charge < -0.3 is 9.80 Å². The molecule has 260 valence electrons. The minimum absolute atomic E-state index is 0.145. The SMILES string of the molecule is C1CCC(N2CCN(C3CCCCC3)C2=C2CCCCC2P(C2CCCCC2)C2CCCCC2)CC1.[Cl][Ru]([Cl])=[CH]c1ccccc1. The van der Waals surface area contributed by atoms with E-state index in [0.29, 0.717) is 0 Å². The van der Waals surface area contributed by atoms with Gasteiger partial charge in [0.05, 0.1) is 0 Å². The van der Waals surface area contributed by atoms with E-state index in [2.05, 4.69) is 9.80 Å². The molecule has 6 aliphatic rings. The molecular weight excluding hydrogens is 711 g/mol. The molecule has 0 bridgehead atoms. The average Bonchev–Trinajstić information content (AvgIpc) is 3.56. The number of allylic oxidation sites excluding steroid dienone is 1. The number of hydrogen-bond donors (Lipinski definition) is 0. The molecule has 0 N–H and O–H groups in total. The first kappa shape index (κ1) is 35.9. The van der Waals surface area contributed by atoms with Gasteiger partial charge in [0.1, 0.15) is 5.82 Å². The third-order valence-electron chi connectivity index (χ3n) is 12.4. The van der Waals surface area contributed by atoms with Gasteiger partial charge in [-0.15, -0.1) is 0 Å². The predicted octanol–water partition coefficient (Wildman–Crippen LogP) is 12.3. The molecule has 5 aliphatic carbocycles. The van der Waals surface area contributed by atoms with Gasteiger partial charge in [0, 0.05) is 30.8 Å². The summed E-state index contributed by atoms with van der Waals surface area (Å²) >= 11 is -1.61. The molecule has 1 aliphatic heterocycles. The number of rotatable bonds is 6. The quantitative estimate of drug-likeness (QED) is 0.210. The topological polar surface area (TPSA) is 6.48 Å². The summed E-state index contributed by atoms with van der Waals surface area (Å²) in [4.78, 5) is 6.13. The van der Waals surface area contributed by atoms with Crippen molar-refractivity contribution in [3.8, 4) is 0 Å². The number of nitrogens with zero attached hydrogens (tertiary/aromatic N) is 2. The molecule has 6 heteroatoms. The molecule has 0 aromatic heterocycles. The second-order valence-electron chi connectivity index (χ2n) is 15.3. The Hall–Kier alpha value is 0.0634. The summed E-state index contributed by atoms with van der Waals surface area (Å²) in [7, 11) is 11.5. The molecule has 5 saturated carbocycles. The van der Waals surface area contributed by atoms with Crippen LogP contribution in [0.4, 0.5) is 0 Å². The van der Waals surface area contributed by atoms with E-state index < -0.39 is 13.5 Å². The Bertz CT molecular complexity index is 1050. The third-order valence-corrected chi connectivity index (χ3v) is 18.2. The van der Waals surface area contributed by atoms with E-state index in [1.807, 2.05) is 46.3 Å². The van der Waals surface area contributed by atoms with Crippen LogP contribution in [0.2, 0.25) is 0 Å². The summed E-state index contributed by atoms with van der Waals surface area (Å²) in [5, 5.41) is 0. The van der Waals surface area contributed by atoms with Crippen LogP contribution in [0, 0.1) is 0 Å². The van der Waals surface area contributed by atoms with Gasteiger partial charge in [-0.1, -0.05) is 91.4 Å². The second-order valence-corrected chi connectivity index (χ2v) is 24.0. The van der Waals surface area contributed by atoms with Gasteiger partial charge >= 0.3 is 73.4 Å².